The van der Waals surface area contributed by atoms with Gasteiger partial charge in [-0.3, -0.25) is 4.55 Å². The Morgan fingerprint density at radius 1 is 1.17 bits per heavy atom. The quantitative estimate of drug-likeness (QED) is 0.604. The number of hydrogen-bond acceptors (Lipinski definition) is 2. The second-order valence-electron chi connectivity index (χ2n) is 2.00. The fourth-order valence-electron chi connectivity index (χ4n) is 0.627. The fourth-order valence-corrected chi connectivity index (χ4v) is 1.11. The second-order valence-corrected chi connectivity index (χ2v) is 3.42. The van der Waals surface area contributed by atoms with Crippen molar-refractivity contribution in [3.8, 4) is 0 Å². The van der Waals surface area contributed by atoms with E-state index in [4.69, 9.17) is 10.3 Å². The van der Waals surface area contributed by atoms with Crippen LogP contribution in [0.25, 0.3) is 5.73 Å². The molecule has 0 spiro atoms. The largest absolute Gasteiger partial charge is 1.00 e. The Morgan fingerprint density at radius 3 is 1.92 bits per heavy atom. The molecule has 1 aromatic rings. The van der Waals surface area contributed by atoms with Crippen molar-refractivity contribution in [1.82, 2.24) is 0 Å². The minimum absolute atomic E-state index is 0. The van der Waals surface area contributed by atoms with Gasteiger partial charge >= 0.3 is 22.4 Å². The van der Waals surface area contributed by atoms with Crippen LogP contribution in [0.3, 0.4) is 0 Å². The van der Waals surface area contributed by atoms with Gasteiger partial charge in [-0.1, -0.05) is 12.1 Å². The Hall–Kier alpha value is -0.330. The topological polar surface area (TPSA) is 78.2 Å². The molecule has 4 nitrogen and oxygen atoms in total. The van der Waals surface area contributed by atoms with Gasteiger partial charge in [-0.15, -0.1) is 5.69 Å². The maximum atomic E-state index is 10.4. The molecule has 0 saturated heterocycles. The van der Waals surface area contributed by atoms with Crippen molar-refractivity contribution >= 4 is 15.8 Å². The second kappa shape index (κ2) is 4.06. The number of benzene rings is 1. The van der Waals surface area contributed by atoms with Crippen molar-refractivity contribution in [3.63, 3.8) is 0 Å². The molecule has 0 heterocycles. The molecule has 0 fully saturated rings. The average molecular weight is 369 g/mol. The molecule has 1 aromatic carbocycles. The summed E-state index contributed by atoms with van der Waals surface area (Å²) in [6.45, 7) is 0. The van der Waals surface area contributed by atoms with Gasteiger partial charge in [0.15, 0.2) is 0 Å². The summed E-state index contributed by atoms with van der Waals surface area (Å²) in [6.07, 6.45) is 0. The van der Waals surface area contributed by atoms with E-state index in [1.54, 1.807) is 0 Å². The molecule has 0 aliphatic carbocycles. The third-order valence-corrected chi connectivity index (χ3v) is 2.02. The molecule has 12 heavy (non-hydrogen) atoms. The van der Waals surface area contributed by atoms with Crippen molar-refractivity contribution in [1.29, 1.82) is 0 Å². The Bertz CT molecular complexity index is 346. The third kappa shape index (κ3) is 2.96. The standard InChI is InChI=1S/C6H6NO3S.Au/c7-5-1-3-6(4-2-5)11(8,9)10;/h1-4,7H,(H,8,9,10);/q-1;+1. The van der Waals surface area contributed by atoms with E-state index < -0.39 is 10.1 Å². The smallest absolute Gasteiger partial charge is 0.699 e. The van der Waals surface area contributed by atoms with Crippen molar-refractivity contribution in [3.05, 3.63) is 30.0 Å². The maximum absolute atomic E-state index is 10.4. The zero-order valence-electron chi connectivity index (χ0n) is 5.78. The Balaban J connectivity index is 0.00000121. The molecule has 0 radical (unpaired) electrons. The summed E-state index contributed by atoms with van der Waals surface area (Å²) in [5.41, 5.74) is 7.23. The van der Waals surface area contributed by atoms with Gasteiger partial charge in [-0.2, -0.15) is 8.42 Å². The molecular weight excluding hydrogens is 363 g/mol. The predicted molar refractivity (Wildman–Crippen MR) is 40.2 cm³/mol. The molecule has 0 amide bonds. The first kappa shape index (κ1) is 11.7. The molecular formula is C6H6AuNO3S. The first-order chi connectivity index (χ1) is 5.00. The Morgan fingerprint density at radius 2 is 1.58 bits per heavy atom. The van der Waals surface area contributed by atoms with E-state index in [9.17, 15) is 8.42 Å². The minimum atomic E-state index is -4.10. The van der Waals surface area contributed by atoms with Gasteiger partial charge < -0.3 is 5.73 Å². The van der Waals surface area contributed by atoms with E-state index in [0.717, 1.165) is 0 Å². The molecule has 0 saturated carbocycles. The normalized spacial score (nSPS) is 10.4. The van der Waals surface area contributed by atoms with Gasteiger partial charge in [0.05, 0.1) is 4.90 Å². The van der Waals surface area contributed by atoms with Crippen LogP contribution in [-0.2, 0) is 32.5 Å². The molecule has 0 bridgehead atoms. The van der Waals surface area contributed by atoms with Crippen LogP contribution in [0, 0.1) is 0 Å². The van der Waals surface area contributed by atoms with E-state index in [0.29, 0.717) is 0 Å². The molecule has 1 rings (SSSR count). The number of rotatable bonds is 1. The zero-order chi connectivity index (χ0) is 8.48. The maximum Gasteiger partial charge on any atom is 1.00 e. The molecule has 70 valence electrons. The van der Waals surface area contributed by atoms with Crippen molar-refractivity contribution in [2.45, 2.75) is 4.90 Å². The third-order valence-electron chi connectivity index (χ3n) is 1.15. The van der Waals surface area contributed by atoms with E-state index >= 15 is 0 Å². The Kier molecular flexibility index (Phi) is 3.95. The minimum Gasteiger partial charge on any atom is -0.699 e. The molecule has 6 heteroatoms. The SMILES string of the molecule is [Au+].[NH-]c1ccc(S(=O)(=O)O)cc1. The first-order valence-electron chi connectivity index (χ1n) is 2.79. The molecule has 2 N–H and O–H groups in total. The van der Waals surface area contributed by atoms with Crippen LogP contribution in [0.5, 0.6) is 0 Å². The fraction of sp³-hybridized carbons (Fsp3) is 0. The first-order valence-corrected chi connectivity index (χ1v) is 4.23. The van der Waals surface area contributed by atoms with E-state index in [2.05, 4.69) is 0 Å². The molecule has 0 aromatic heterocycles. The van der Waals surface area contributed by atoms with Gasteiger partial charge in [0.1, 0.15) is 0 Å². The summed E-state index contributed by atoms with van der Waals surface area (Å²) in [5.74, 6) is 0. The van der Waals surface area contributed by atoms with Gasteiger partial charge in [-0.25, -0.2) is 0 Å². The summed E-state index contributed by atoms with van der Waals surface area (Å²) in [7, 11) is -4.10. The van der Waals surface area contributed by atoms with Gasteiger partial charge in [-0.05, 0) is 12.1 Å². The van der Waals surface area contributed by atoms with E-state index in [-0.39, 0.29) is 33.0 Å². The van der Waals surface area contributed by atoms with Crippen LogP contribution in [0.1, 0.15) is 0 Å². The molecule has 0 unspecified atom stereocenters. The van der Waals surface area contributed by atoms with Crippen LogP contribution in [0.4, 0.5) is 5.69 Å². The molecule has 0 atom stereocenters. The summed E-state index contributed by atoms with van der Waals surface area (Å²) in [6, 6.07) is 4.95. The molecule has 0 aliphatic heterocycles. The predicted octanol–water partition coefficient (Wildman–Crippen LogP) is 1.61. The van der Waals surface area contributed by atoms with Crippen LogP contribution >= 0.6 is 0 Å². The summed E-state index contributed by atoms with van der Waals surface area (Å²) in [5, 5.41) is 0. The summed E-state index contributed by atoms with van der Waals surface area (Å²) >= 11 is 0. The number of nitrogens with one attached hydrogen (secondary N) is 1. The van der Waals surface area contributed by atoms with Crippen LogP contribution in [0.2, 0.25) is 0 Å². The Labute approximate surface area is 86.0 Å². The van der Waals surface area contributed by atoms with Gasteiger partial charge in [0.2, 0.25) is 0 Å². The molecule has 0 aliphatic rings. The van der Waals surface area contributed by atoms with Crippen LogP contribution < -0.4 is 0 Å². The van der Waals surface area contributed by atoms with Gasteiger partial charge in [0, 0.05) is 0 Å². The summed E-state index contributed by atoms with van der Waals surface area (Å²) in [4.78, 5) is -0.187. The monoisotopic (exact) mass is 369 g/mol. The van der Waals surface area contributed by atoms with Crippen LogP contribution in [0.15, 0.2) is 29.2 Å². The van der Waals surface area contributed by atoms with Crippen molar-refractivity contribution in [2.24, 2.45) is 0 Å². The zero-order valence-corrected chi connectivity index (χ0v) is 8.77. The summed E-state index contributed by atoms with van der Waals surface area (Å²) < 4.78 is 29.4. The van der Waals surface area contributed by atoms with E-state index in [1.165, 1.54) is 24.3 Å². The van der Waals surface area contributed by atoms with Crippen molar-refractivity contribution in [2.75, 3.05) is 0 Å². The average Bonchev–Trinajstić information content (AvgIpc) is 1.86. The van der Waals surface area contributed by atoms with Crippen molar-refractivity contribution < 1.29 is 35.4 Å². The van der Waals surface area contributed by atoms with E-state index in [1.807, 2.05) is 0 Å². The number of hydrogen-bond donors (Lipinski definition) is 1. The van der Waals surface area contributed by atoms with Gasteiger partial charge in [0.25, 0.3) is 10.1 Å². The van der Waals surface area contributed by atoms with Crippen LogP contribution in [-0.4, -0.2) is 13.0 Å².